The van der Waals surface area contributed by atoms with Crippen LogP contribution in [0.25, 0.3) is 0 Å². The lowest BCUT2D eigenvalue weighted by molar-refractivity contribution is -0.117. The van der Waals surface area contributed by atoms with Crippen LogP contribution >= 0.6 is 34.5 Å². The van der Waals surface area contributed by atoms with Crippen molar-refractivity contribution in [1.82, 2.24) is 4.98 Å². The molecule has 0 unspecified atom stereocenters. The Labute approximate surface area is 119 Å². The predicted octanol–water partition coefficient (Wildman–Crippen LogP) is 3.39. The van der Waals surface area contributed by atoms with E-state index in [1.165, 1.54) is 11.3 Å². The number of halogens is 2. The molecule has 2 N–H and O–H groups in total. The number of rotatable bonds is 4. The number of hydrogen-bond acceptors (Lipinski definition) is 4. The number of carbonyl (C=O) groups is 1. The predicted molar refractivity (Wildman–Crippen MR) is 75.4 cm³/mol. The summed E-state index contributed by atoms with van der Waals surface area (Å²) in [5.74, 6) is 0.0319. The molecular weight excluding hydrogens is 291 g/mol. The van der Waals surface area contributed by atoms with E-state index in [4.69, 9.17) is 28.9 Å². The van der Waals surface area contributed by atoms with Crippen LogP contribution in [0.4, 0.5) is 5.13 Å². The number of nitrogen functional groups attached to an aromatic ring is 1. The molecule has 2 rings (SSSR count). The number of ketones is 1. The normalized spacial score (nSPS) is 10.6. The van der Waals surface area contributed by atoms with Crippen molar-refractivity contribution in [2.75, 3.05) is 5.73 Å². The summed E-state index contributed by atoms with van der Waals surface area (Å²) in [7, 11) is 0. The lowest BCUT2D eigenvalue weighted by Gasteiger charge is -2.04. The SMILES string of the molecule is Nc1nc(CC(=O)Cc2cccc(Cl)c2Cl)cs1. The largest absolute Gasteiger partial charge is 0.375 e. The molecule has 0 radical (unpaired) electrons. The van der Waals surface area contributed by atoms with Gasteiger partial charge in [-0.05, 0) is 11.6 Å². The van der Waals surface area contributed by atoms with Gasteiger partial charge in [-0.1, -0.05) is 35.3 Å². The highest BCUT2D eigenvalue weighted by molar-refractivity contribution is 7.13. The Morgan fingerprint density at radius 2 is 2.11 bits per heavy atom. The van der Waals surface area contributed by atoms with Crippen molar-refractivity contribution in [2.24, 2.45) is 0 Å². The highest BCUT2D eigenvalue weighted by atomic mass is 35.5. The molecule has 0 aliphatic rings. The summed E-state index contributed by atoms with van der Waals surface area (Å²) in [6.45, 7) is 0. The smallest absolute Gasteiger partial charge is 0.180 e. The zero-order valence-electron chi connectivity index (χ0n) is 9.32. The topological polar surface area (TPSA) is 56.0 Å². The van der Waals surface area contributed by atoms with E-state index in [9.17, 15) is 4.79 Å². The Kier molecular flexibility index (Phi) is 4.22. The molecule has 0 fully saturated rings. The summed E-state index contributed by atoms with van der Waals surface area (Å²) in [6, 6.07) is 5.26. The van der Waals surface area contributed by atoms with Crippen LogP contribution < -0.4 is 5.73 Å². The fourth-order valence-corrected chi connectivity index (χ4v) is 2.52. The lowest BCUT2D eigenvalue weighted by Crippen LogP contribution is -2.07. The van der Waals surface area contributed by atoms with Gasteiger partial charge in [-0.15, -0.1) is 11.3 Å². The van der Waals surface area contributed by atoms with Crippen molar-refractivity contribution in [3.63, 3.8) is 0 Å². The van der Waals surface area contributed by atoms with Crippen molar-refractivity contribution in [1.29, 1.82) is 0 Å². The summed E-state index contributed by atoms with van der Waals surface area (Å²) < 4.78 is 0. The Morgan fingerprint density at radius 3 is 2.78 bits per heavy atom. The highest BCUT2D eigenvalue weighted by Gasteiger charge is 2.11. The van der Waals surface area contributed by atoms with Crippen molar-refractivity contribution < 1.29 is 4.79 Å². The van der Waals surface area contributed by atoms with Crippen LogP contribution in [0.1, 0.15) is 11.3 Å². The minimum Gasteiger partial charge on any atom is -0.375 e. The monoisotopic (exact) mass is 300 g/mol. The van der Waals surface area contributed by atoms with Gasteiger partial charge in [-0.25, -0.2) is 4.98 Å². The summed E-state index contributed by atoms with van der Waals surface area (Å²) in [4.78, 5) is 15.9. The third-order valence-corrected chi connectivity index (χ3v) is 3.95. The molecule has 0 saturated heterocycles. The Bertz CT molecular complexity index is 583. The molecule has 0 spiro atoms. The van der Waals surface area contributed by atoms with E-state index in [0.717, 1.165) is 5.56 Å². The second-order valence-corrected chi connectivity index (χ2v) is 5.46. The van der Waals surface area contributed by atoms with Gasteiger partial charge in [0.25, 0.3) is 0 Å². The van der Waals surface area contributed by atoms with Gasteiger partial charge >= 0.3 is 0 Å². The number of carbonyl (C=O) groups excluding carboxylic acids is 1. The average Bonchev–Trinajstić information content (AvgIpc) is 2.70. The van der Waals surface area contributed by atoms with E-state index in [1.54, 1.807) is 23.6 Å². The van der Waals surface area contributed by atoms with Crippen LogP contribution in [0.2, 0.25) is 10.0 Å². The molecule has 94 valence electrons. The first kappa shape index (κ1) is 13.3. The van der Waals surface area contributed by atoms with Gasteiger partial charge in [0, 0.05) is 18.2 Å². The minimum atomic E-state index is 0.0319. The van der Waals surface area contributed by atoms with Crippen molar-refractivity contribution in [2.45, 2.75) is 12.8 Å². The second kappa shape index (κ2) is 5.69. The zero-order valence-corrected chi connectivity index (χ0v) is 11.6. The number of anilines is 1. The second-order valence-electron chi connectivity index (χ2n) is 3.78. The van der Waals surface area contributed by atoms with Crippen LogP contribution in [-0.2, 0) is 17.6 Å². The van der Waals surface area contributed by atoms with Gasteiger partial charge in [0.2, 0.25) is 0 Å². The third kappa shape index (κ3) is 3.22. The molecule has 1 heterocycles. The average molecular weight is 301 g/mol. The number of benzene rings is 1. The minimum absolute atomic E-state index is 0.0319. The molecule has 3 nitrogen and oxygen atoms in total. The quantitative estimate of drug-likeness (QED) is 0.941. The fourth-order valence-electron chi connectivity index (χ4n) is 1.57. The van der Waals surface area contributed by atoms with E-state index in [2.05, 4.69) is 4.98 Å². The number of nitrogens with two attached hydrogens (primary N) is 1. The number of nitrogens with zero attached hydrogens (tertiary/aromatic N) is 1. The number of Topliss-reactive ketones (excluding diaryl/α,β-unsaturated/α-hetero) is 1. The van der Waals surface area contributed by atoms with Gasteiger partial charge in [0.1, 0.15) is 5.78 Å². The molecule has 0 amide bonds. The van der Waals surface area contributed by atoms with E-state index in [1.807, 2.05) is 0 Å². The Balaban J connectivity index is 2.05. The Morgan fingerprint density at radius 1 is 1.33 bits per heavy atom. The number of aromatic nitrogens is 1. The maximum absolute atomic E-state index is 11.9. The molecule has 18 heavy (non-hydrogen) atoms. The first-order chi connectivity index (χ1) is 8.56. The lowest BCUT2D eigenvalue weighted by atomic mass is 10.1. The first-order valence-electron chi connectivity index (χ1n) is 5.20. The van der Waals surface area contributed by atoms with E-state index in [0.29, 0.717) is 20.9 Å². The van der Waals surface area contributed by atoms with Crippen LogP contribution in [0.3, 0.4) is 0 Å². The first-order valence-corrected chi connectivity index (χ1v) is 6.84. The molecular formula is C12H10Cl2N2OS. The molecule has 0 atom stereocenters. The number of thiazole rings is 1. The highest BCUT2D eigenvalue weighted by Crippen LogP contribution is 2.26. The van der Waals surface area contributed by atoms with Crippen LogP contribution in [0.15, 0.2) is 23.6 Å². The maximum Gasteiger partial charge on any atom is 0.180 e. The van der Waals surface area contributed by atoms with Crippen molar-refractivity contribution >= 4 is 45.5 Å². The fraction of sp³-hybridized carbons (Fsp3) is 0.167. The maximum atomic E-state index is 11.9. The summed E-state index contributed by atoms with van der Waals surface area (Å²) in [5, 5.41) is 3.15. The van der Waals surface area contributed by atoms with Crippen molar-refractivity contribution in [3.8, 4) is 0 Å². The summed E-state index contributed by atoms with van der Waals surface area (Å²) >= 11 is 13.2. The molecule has 1 aromatic heterocycles. The van der Waals surface area contributed by atoms with Crippen LogP contribution in [0.5, 0.6) is 0 Å². The van der Waals surface area contributed by atoms with Crippen LogP contribution in [-0.4, -0.2) is 10.8 Å². The van der Waals surface area contributed by atoms with E-state index in [-0.39, 0.29) is 18.6 Å². The van der Waals surface area contributed by atoms with Gasteiger partial charge < -0.3 is 5.73 Å². The van der Waals surface area contributed by atoms with Gasteiger partial charge in [-0.2, -0.15) is 0 Å². The third-order valence-electron chi connectivity index (χ3n) is 2.37. The van der Waals surface area contributed by atoms with Gasteiger partial charge in [-0.3, -0.25) is 4.79 Å². The zero-order chi connectivity index (χ0) is 13.1. The van der Waals surface area contributed by atoms with Gasteiger partial charge in [0.05, 0.1) is 15.7 Å². The summed E-state index contributed by atoms with van der Waals surface area (Å²) in [6.07, 6.45) is 0.507. The van der Waals surface area contributed by atoms with Crippen LogP contribution in [0, 0.1) is 0 Å². The molecule has 2 aromatic rings. The standard InChI is InChI=1S/C12H10Cl2N2OS/c13-10-3-1-2-7(11(10)14)4-9(17)5-8-6-18-12(15)16-8/h1-3,6H,4-5H2,(H2,15,16). The Hall–Kier alpha value is -1.10. The molecule has 0 aliphatic carbocycles. The molecule has 0 bridgehead atoms. The molecule has 1 aromatic carbocycles. The molecule has 6 heteroatoms. The van der Waals surface area contributed by atoms with Crippen molar-refractivity contribution in [3.05, 3.63) is 44.9 Å². The van der Waals surface area contributed by atoms with Gasteiger partial charge in [0.15, 0.2) is 5.13 Å². The molecule has 0 saturated carbocycles. The number of hydrogen-bond donors (Lipinski definition) is 1. The molecule has 0 aliphatic heterocycles. The van der Waals surface area contributed by atoms with E-state index >= 15 is 0 Å². The van der Waals surface area contributed by atoms with E-state index < -0.39 is 0 Å². The summed E-state index contributed by atoms with van der Waals surface area (Å²) in [5.41, 5.74) is 6.94.